The molecule has 1 rings (SSSR count). The van der Waals surface area contributed by atoms with Crippen LogP contribution in [-0.2, 0) is 4.79 Å². The highest BCUT2D eigenvalue weighted by Crippen LogP contribution is 2.21. The number of amides is 1. The highest BCUT2D eigenvalue weighted by molar-refractivity contribution is 5.78. The molecule has 0 aliphatic carbocycles. The quantitative estimate of drug-likeness (QED) is 0.778. The van der Waals surface area contributed by atoms with Crippen LogP contribution in [0.15, 0.2) is 18.2 Å². The van der Waals surface area contributed by atoms with Crippen LogP contribution in [-0.4, -0.2) is 49.1 Å². The summed E-state index contributed by atoms with van der Waals surface area (Å²) < 4.78 is 62.7. The van der Waals surface area contributed by atoms with E-state index in [2.05, 4.69) is 0 Å². The van der Waals surface area contributed by atoms with Crippen LogP contribution < -0.4 is 0 Å². The number of carbonyl (C=O) groups is 1. The Bertz CT molecular complexity index is 532. The molecule has 0 saturated heterocycles. The van der Waals surface area contributed by atoms with Crippen molar-refractivity contribution in [3.63, 3.8) is 0 Å². The molecule has 3 nitrogen and oxygen atoms in total. The summed E-state index contributed by atoms with van der Waals surface area (Å²) >= 11 is 0. The van der Waals surface area contributed by atoms with Crippen LogP contribution in [0.25, 0.3) is 0 Å². The fraction of sp³-hybridized carbons (Fsp3) is 0.500. The maximum atomic E-state index is 13.2. The van der Waals surface area contributed by atoms with Gasteiger partial charge in [-0.25, -0.2) is 8.78 Å². The minimum Gasteiger partial charge on any atom is -0.336 e. The van der Waals surface area contributed by atoms with E-state index in [0.717, 1.165) is 19.2 Å². The number of hydrogen-bond donors (Lipinski definition) is 0. The molecule has 1 atom stereocenters. The van der Waals surface area contributed by atoms with E-state index in [1.54, 1.807) is 6.92 Å². The number of rotatable bonds is 5. The zero-order chi connectivity index (χ0) is 17.1. The van der Waals surface area contributed by atoms with E-state index in [1.165, 1.54) is 18.0 Å². The molecule has 0 spiro atoms. The molecule has 124 valence electrons. The molecule has 1 amide bonds. The molecule has 0 radical (unpaired) electrons. The topological polar surface area (TPSA) is 23.6 Å². The van der Waals surface area contributed by atoms with Gasteiger partial charge in [-0.15, -0.1) is 0 Å². The van der Waals surface area contributed by atoms with Gasteiger partial charge < -0.3 is 4.90 Å². The van der Waals surface area contributed by atoms with Gasteiger partial charge in [-0.05, 0) is 31.7 Å². The molecule has 0 aliphatic heterocycles. The number of nitrogens with zero attached hydrogens (tertiary/aromatic N) is 2. The third kappa shape index (κ3) is 5.25. The zero-order valence-electron chi connectivity index (χ0n) is 12.4. The summed E-state index contributed by atoms with van der Waals surface area (Å²) in [6.45, 7) is 0.0374. The van der Waals surface area contributed by atoms with Gasteiger partial charge in [0, 0.05) is 13.1 Å². The van der Waals surface area contributed by atoms with Gasteiger partial charge in [0.2, 0.25) is 5.91 Å². The molecule has 1 aromatic rings. The Morgan fingerprint density at radius 1 is 1.18 bits per heavy atom. The monoisotopic (exact) mass is 324 g/mol. The first-order valence-electron chi connectivity index (χ1n) is 6.47. The molecule has 1 unspecified atom stereocenters. The summed E-state index contributed by atoms with van der Waals surface area (Å²) in [4.78, 5) is 13.8. The molecule has 0 aliphatic rings. The molecule has 0 heterocycles. The van der Waals surface area contributed by atoms with Gasteiger partial charge in [0.15, 0.2) is 11.6 Å². The first kappa shape index (κ1) is 18.3. The molecular weight excluding hydrogens is 307 g/mol. The normalized spacial score (nSPS) is 13.3. The van der Waals surface area contributed by atoms with Crippen molar-refractivity contribution in [3.05, 3.63) is 35.4 Å². The van der Waals surface area contributed by atoms with Gasteiger partial charge in [-0.1, -0.05) is 6.07 Å². The smallest absolute Gasteiger partial charge is 0.336 e. The number of benzene rings is 1. The van der Waals surface area contributed by atoms with Gasteiger partial charge in [0.1, 0.15) is 6.54 Å². The first-order valence-corrected chi connectivity index (χ1v) is 6.47. The van der Waals surface area contributed by atoms with Crippen LogP contribution in [0, 0.1) is 11.6 Å². The number of carbonyl (C=O) groups excluding carboxylic acids is 1. The Labute approximate surface area is 125 Å². The van der Waals surface area contributed by atoms with Crippen molar-refractivity contribution in [1.82, 2.24) is 9.80 Å². The summed E-state index contributed by atoms with van der Waals surface area (Å²) in [5, 5.41) is 0. The van der Waals surface area contributed by atoms with E-state index in [4.69, 9.17) is 0 Å². The standard InChI is InChI=1S/C14H17F5N2O/c1-9(10-4-5-11(15)12(16)6-10)20(2)7-13(22)21(3)8-14(17,18)19/h4-6,9H,7-8H2,1-3H3. The predicted octanol–water partition coefficient (Wildman–Crippen LogP) is 2.98. The fourth-order valence-corrected chi connectivity index (χ4v) is 1.85. The van der Waals surface area contributed by atoms with E-state index >= 15 is 0 Å². The molecule has 0 N–H and O–H groups in total. The van der Waals surface area contributed by atoms with E-state index in [9.17, 15) is 26.7 Å². The number of hydrogen-bond acceptors (Lipinski definition) is 2. The van der Waals surface area contributed by atoms with Crippen molar-refractivity contribution in [3.8, 4) is 0 Å². The molecule has 0 bridgehead atoms. The Balaban J connectivity index is 2.69. The molecule has 0 fully saturated rings. The second-order valence-corrected chi connectivity index (χ2v) is 5.13. The summed E-state index contributed by atoms with van der Waals surface area (Å²) in [6, 6.07) is 2.87. The van der Waals surface area contributed by atoms with E-state index in [1.807, 2.05) is 0 Å². The Kier molecular flexibility index (Phi) is 5.87. The van der Waals surface area contributed by atoms with E-state index in [-0.39, 0.29) is 6.54 Å². The molecule has 8 heteroatoms. The zero-order valence-corrected chi connectivity index (χ0v) is 12.4. The fourth-order valence-electron chi connectivity index (χ4n) is 1.85. The van der Waals surface area contributed by atoms with E-state index < -0.39 is 36.3 Å². The summed E-state index contributed by atoms with van der Waals surface area (Å²) in [7, 11) is 2.58. The summed E-state index contributed by atoms with van der Waals surface area (Å²) in [6.07, 6.45) is -4.46. The molecule has 0 saturated carbocycles. The third-order valence-corrected chi connectivity index (χ3v) is 3.31. The number of likely N-dealkylation sites (N-methyl/N-ethyl adjacent to an activating group) is 2. The first-order chi connectivity index (χ1) is 10.0. The number of alkyl halides is 3. The molecule has 1 aromatic carbocycles. The third-order valence-electron chi connectivity index (χ3n) is 3.31. The summed E-state index contributed by atoms with van der Waals surface area (Å²) in [5.41, 5.74) is 0.424. The lowest BCUT2D eigenvalue weighted by atomic mass is 10.1. The largest absolute Gasteiger partial charge is 0.406 e. The second kappa shape index (κ2) is 7.04. The Hall–Kier alpha value is -1.70. The van der Waals surface area contributed by atoms with Gasteiger partial charge in [-0.2, -0.15) is 13.2 Å². The average molecular weight is 324 g/mol. The molecular formula is C14H17F5N2O. The number of halogens is 5. The van der Waals surface area contributed by atoms with Crippen LogP contribution in [0.3, 0.4) is 0 Å². The van der Waals surface area contributed by atoms with Crippen molar-refractivity contribution >= 4 is 5.91 Å². The van der Waals surface area contributed by atoms with Crippen LogP contribution in [0.1, 0.15) is 18.5 Å². The highest BCUT2D eigenvalue weighted by atomic mass is 19.4. The lowest BCUT2D eigenvalue weighted by Crippen LogP contribution is -2.41. The summed E-state index contributed by atoms with van der Waals surface area (Å²) in [5.74, 6) is -2.72. The lowest BCUT2D eigenvalue weighted by molar-refractivity contribution is -0.159. The predicted molar refractivity (Wildman–Crippen MR) is 71.1 cm³/mol. The SMILES string of the molecule is CC(c1ccc(F)c(F)c1)N(C)CC(=O)N(C)CC(F)(F)F. The molecule has 22 heavy (non-hydrogen) atoms. The highest BCUT2D eigenvalue weighted by Gasteiger charge is 2.31. The minimum atomic E-state index is -4.46. The maximum Gasteiger partial charge on any atom is 0.406 e. The Morgan fingerprint density at radius 3 is 2.27 bits per heavy atom. The van der Waals surface area contributed by atoms with E-state index in [0.29, 0.717) is 10.5 Å². The van der Waals surface area contributed by atoms with Gasteiger partial charge in [0.25, 0.3) is 0 Å². The van der Waals surface area contributed by atoms with Crippen molar-refractivity contribution < 1.29 is 26.7 Å². The van der Waals surface area contributed by atoms with Crippen molar-refractivity contribution in [1.29, 1.82) is 0 Å². The van der Waals surface area contributed by atoms with Crippen LogP contribution in [0.5, 0.6) is 0 Å². The molecule has 0 aromatic heterocycles. The van der Waals surface area contributed by atoms with Gasteiger partial charge in [0.05, 0.1) is 6.54 Å². The minimum absolute atomic E-state index is 0.271. The van der Waals surface area contributed by atoms with Crippen molar-refractivity contribution in [2.75, 3.05) is 27.2 Å². The Morgan fingerprint density at radius 2 is 1.77 bits per heavy atom. The van der Waals surface area contributed by atoms with Crippen molar-refractivity contribution in [2.45, 2.75) is 19.1 Å². The van der Waals surface area contributed by atoms with Crippen LogP contribution in [0.2, 0.25) is 0 Å². The van der Waals surface area contributed by atoms with Crippen LogP contribution in [0.4, 0.5) is 22.0 Å². The second-order valence-electron chi connectivity index (χ2n) is 5.13. The lowest BCUT2D eigenvalue weighted by Gasteiger charge is -2.27. The van der Waals surface area contributed by atoms with Gasteiger partial charge in [-0.3, -0.25) is 9.69 Å². The van der Waals surface area contributed by atoms with Crippen molar-refractivity contribution in [2.24, 2.45) is 0 Å². The van der Waals surface area contributed by atoms with Gasteiger partial charge >= 0.3 is 6.18 Å². The van der Waals surface area contributed by atoms with Crippen LogP contribution >= 0.6 is 0 Å². The maximum absolute atomic E-state index is 13.2. The average Bonchev–Trinajstić information content (AvgIpc) is 2.39.